The number of nitrogens with zero attached hydrogens (tertiary/aromatic N) is 4. The van der Waals surface area contributed by atoms with Crippen LogP contribution in [0.2, 0.25) is 0 Å². The molecular formula is C24H21FN4S. The molecule has 0 N–H and O–H groups in total. The second-order valence-corrected chi connectivity index (χ2v) is 7.81. The molecule has 0 fully saturated rings. The van der Waals surface area contributed by atoms with E-state index in [4.69, 9.17) is 10.1 Å². The van der Waals surface area contributed by atoms with Crippen molar-refractivity contribution in [2.75, 3.05) is 0 Å². The first-order valence-corrected chi connectivity index (χ1v) is 10.4. The van der Waals surface area contributed by atoms with Gasteiger partial charge in [0, 0.05) is 28.9 Å². The van der Waals surface area contributed by atoms with Gasteiger partial charge in [0.1, 0.15) is 5.82 Å². The van der Waals surface area contributed by atoms with Gasteiger partial charge in [0.25, 0.3) is 0 Å². The largest absolute Gasteiger partial charge is 0.264 e. The van der Waals surface area contributed by atoms with Gasteiger partial charge in [-0.25, -0.2) is 14.1 Å². The third-order valence-corrected chi connectivity index (χ3v) is 5.63. The van der Waals surface area contributed by atoms with E-state index in [2.05, 4.69) is 4.98 Å². The molecule has 0 aliphatic carbocycles. The van der Waals surface area contributed by atoms with Crippen molar-refractivity contribution < 1.29 is 4.39 Å². The smallest absolute Gasteiger partial charge is 0.211 e. The van der Waals surface area contributed by atoms with Crippen LogP contribution < -0.4 is 4.80 Å². The van der Waals surface area contributed by atoms with Crippen molar-refractivity contribution in [2.45, 2.75) is 20.8 Å². The maximum absolute atomic E-state index is 14.6. The van der Waals surface area contributed by atoms with Crippen LogP contribution in [0.3, 0.4) is 0 Å². The third-order valence-electron chi connectivity index (χ3n) is 4.81. The maximum Gasteiger partial charge on any atom is 0.211 e. The average molecular weight is 417 g/mol. The average Bonchev–Trinajstić information content (AvgIpc) is 3.13. The van der Waals surface area contributed by atoms with Crippen molar-refractivity contribution in [3.8, 4) is 11.3 Å². The van der Waals surface area contributed by atoms with Crippen molar-refractivity contribution in [1.29, 1.82) is 0 Å². The topological polar surface area (TPSA) is 42.5 Å². The Morgan fingerprint density at radius 1 is 1.00 bits per heavy atom. The van der Waals surface area contributed by atoms with Crippen molar-refractivity contribution in [3.63, 3.8) is 0 Å². The van der Waals surface area contributed by atoms with Crippen molar-refractivity contribution in [3.05, 3.63) is 99.7 Å². The van der Waals surface area contributed by atoms with Crippen LogP contribution in [0.15, 0.2) is 82.5 Å². The van der Waals surface area contributed by atoms with Crippen LogP contribution in [0, 0.1) is 19.7 Å². The van der Waals surface area contributed by atoms with Gasteiger partial charge < -0.3 is 0 Å². The van der Waals surface area contributed by atoms with E-state index >= 15 is 0 Å². The predicted octanol–water partition coefficient (Wildman–Crippen LogP) is 5.87. The number of pyridine rings is 1. The summed E-state index contributed by atoms with van der Waals surface area (Å²) in [5.74, 6) is -0.295. The summed E-state index contributed by atoms with van der Waals surface area (Å²) < 4.78 is 16.3. The Morgan fingerprint density at radius 2 is 1.77 bits per heavy atom. The lowest BCUT2D eigenvalue weighted by Crippen LogP contribution is -2.14. The molecule has 0 unspecified atom stereocenters. The first kappa shape index (κ1) is 19.9. The third kappa shape index (κ3) is 4.00. The molecule has 0 aliphatic rings. The number of halogens is 1. The summed E-state index contributed by atoms with van der Waals surface area (Å²) in [6.45, 7) is 5.98. The lowest BCUT2D eigenvalue weighted by atomic mass is 10.1. The fourth-order valence-corrected chi connectivity index (χ4v) is 4.02. The number of thiazole rings is 1. The number of hydrogen-bond donors (Lipinski definition) is 0. The van der Waals surface area contributed by atoms with Crippen LogP contribution in [0.25, 0.3) is 11.3 Å². The highest BCUT2D eigenvalue weighted by atomic mass is 32.1. The van der Waals surface area contributed by atoms with Gasteiger partial charge in [-0.2, -0.15) is 5.10 Å². The van der Waals surface area contributed by atoms with Crippen LogP contribution in [0.4, 0.5) is 10.1 Å². The molecule has 6 heteroatoms. The first-order valence-electron chi connectivity index (χ1n) is 9.57. The Morgan fingerprint density at radius 3 is 2.47 bits per heavy atom. The van der Waals surface area contributed by atoms with Gasteiger partial charge in [0.2, 0.25) is 4.80 Å². The van der Waals surface area contributed by atoms with Gasteiger partial charge in [0.15, 0.2) is 0 Å². The Bertz CT molecular complexity index is 1270. The Hall–Kier alpha value is -3.38. The van der Waals surface area contributed by atoms with E-state index in [-0.39, 0.29) is 5.82 Å². The summed E-state index contributed by atoms with van der Waals surface area (Å²) in [5.41, 5.74) is 5.87. The highest BCUT2D eigenvalue weighted by molar-refractivity contribution is 7.07. The lowest BCUT2D eigenvalue weighted by molar-refractivity contribution is 0.629. The van der Waals surface area contributed by atoms with Crippen molar-refractivity contribution >= 4 is 22.7 Å². The molecular weight excluding hydrogens is 395 g/mol. The summed E-state index contributed by atoms with van der Waals surface area (Å²) in [6, 6.07) is 16.6. The fraction of sp³-hybridized carbons (Fsp3) is 0.125. The molecule has 0 bridgehead atoms. The number of para-hydroxylation sites is 1. The highest BCUT2D eigenvalue weighted by Crippen LogP contribution is 2.26. The molecule has 0 radical (unpaired) electrons. The zero-order valence-corrected chi connectivity index (χ0v) is 17.8. The minimum Gasteiger partial charge on any atom is -0.264 e. The quantitative estimate of drug-likeness (QED) is 0.384. The lowest BCUT2D eigenvalue weighted by Gasteiger charge is -2.08. The van der Waals surface area contributed by atoms with Gasteiger partial charge in [-0.15, -0.1) is 11.3 Å². The van der Waals surface area contributed by atoms with E-state index < -0.39 is 0 Å². The molecule has 0 saturated carbocycles. The monoisotopic (exact) mass is 416 g/mol. The molecule has 0 aliphatic heterocycles. The first-order chi connectivity index (χ1) is 14.5. The molecule has 0 atom stereocenters. The van der Waals surface area contributed by atoms with Crippen LogP contribution in [0.5, 0.6) is 0 Å². The maximum atomic E-state index is 14.6. The molecule has 0 saturated heterocycles. The minimum atomic E-state index is -0.295. The fourth-order valence-electron chi connectivity index (χ4n) is 3.19. The van der Waals surface area contributed by atoms with E-state index in [1.165, 1.54) is 17.4 Å². The molecule has 30 heavy (non-hydrogen) atoms. The summed E-state index contributed by atoms with van der Waals surface area (Å²) in [4.78, 5) is 9.75. The van der Waals surface area contributed by atoms with E-state index in [0.29, 0.717) is 16.1 Å². The van der Waals surface area contributed by atoms with Gasteiger partial charge in [-0.3, -0.25) is 4.98 Å². The normalized spacial score (nSPS) is 12.4. The molecule has 2 aromatic carbocycles. The van der Waals surface area contributed by atoms with Gasteiger partial charge >= 0.3 is 0 Å². The van der Waals surface area contributed by atoms with Gasteiger partial charge in [-0.05, 0) is 50.1 Å². The minimum absolute atomic E-state index is 0.295. The van der Waals surface area contributed by atoms with E-state index in [1.54, 1.807) is 29.2 Å². The summed E-state index contributed by atoms with van der Waals surface area (Å²) in [7, 11) is 0. The Kier molecular flexibility index (Phi) is 5.68. The van der Waals surface area contributed by atoms with Crippen molar-refractivity contribution in [2.24, 2.45) is 10.1 Å². The molecule has 0 amide bonds. The van der Waals surface area contributed by atoms with E-state index in [1.807, 2.05) is 62.5 Å². The van der Waals surface area contributed by atoms with E-state index in [0.717, 1.165) is 28.1 Å². The number of benzene rings is 2. The van der Waals surface area contributed by atoms with Crippen LogP contribution in [0.1, 0.15) is 23.6 Å². The Balaban J connectivity index is 1.97. The van der Waals surface area contributed by atoms with Crippen LogP contribution in [-0.4, -0.2) is 15.4 Å². The zero-order chi connectivity index (χ0) is 21.1. The SMILES string of the molecule is CC(=Nn1c(-c2ccccc2F)csc1=Nc1c(C)cccc1C)c1cccnc1. The molecule has 2 aromatic heterocycles. The predicted molar refractivity (Wildman–Crippen MR) is 121 cm³/mol. The van der Waals surface area contributed by atoms with Crippen LogP contribution >= 0.6 is 11.3 Å². The molecule has 4 nitrogen and oxygen atoms in total. The number of rotatable bonds is 4. The molecule has 2 heterocycles. The number of aryl methyl sites for hydroxylation is 2. The second kappa shape index (κ2) is 8.55. The van der Waals surface area contributed by atoms with Gasteiger partial charge in [0.05, 0.1) is 17.1 Å². The van der Waals surface area contributed by atoms with Crippen molar-refractivity contribution in [1.82, 2.24) is 9.66 Å². The molecule has 150 valence electrons. The molecule has 4 aromatic rings. The van der Waals surface area contributed by atoms with Gasteiger partial charge in [-0.1, -0.05) is 36.4 Å². The standard InChI is InChI=1S/C24H21FN4S/c1-16-8-6-9-17(2)23(16)27-24-29(28-18(3)19-10-7-13-26-14-19)22(15-30-24)20-11-4-5-12-21(20)25/h4-15H,1-3H3. The second-order valence-electron chi connectivity index (χ2n) is 6.97. The highest BCUT2D eigenvalue weighted by Gasteiger charge is 2.13. The Labute approximate surface area is 178 Å². The van der Waals surface area contributed by atoms with E-state index in [9.17, 15) is 4.39 Å². The summed E-state index contributed by atoms with van der Waals surface area (Å²) in [6.07, 6.45) is 3.48. The summed E-state index contributed by atoms with van der Waals surface area (Å²) in [5, 5.41) is 6.70. The zero-order valence-electron chi connectivity index (χ0n) is 17.0. The summed E-state index contributed by atoms with van der Waals surface area (Å²) >= 11 is 1.44. The molecule has 4 rings (SSSR count). The molecule has 0 spiro atoms. The number of aromatic nitrogens is 2. The van der Waals surface area contributed by atoms with Crippen LogP contribution in [-0.2, 0) is 0 Å². The number of hydrogen-bond acceptors (Lipinski definition) is 4.